The largest absolute Gasteiger partial charge is 0.493 e. The van der Waals surface area contributed by atoms with Crippen molar-refractivity contribution in [3.05, 3.63) is 24.0 Å². The molecule has 0 spiro atoms. The van der Waals surface area contributed by atoms with Gasteiger partial charge < -0.3 is 15.2 Å². The lowest BCUT2D eigenvalue weighted by Gasteiger charge is -2.36. The fourth-order valence-electron chi connectivity index (χ4n) is 2.77. The summed E-state index contributed by atoms with van der Waals surface area (Å²) >= 11 is 0. The lowest BCUT2D eigenvalue weighted by atomic mass is 9.65. The summed E-state index contributed by atoms with van der Waals surface area (Å²) in [4.78, 5) is 37.3. The maximum absolute atomic E-state index is 12.8. The first-order chi connectivity index (χ1) is 10.8. The standard InChI is InChI=1S/C17H25NO5/c1-5-9-23-12(7-6-8-18)13-11(19)10-17(2,3)14(15(13)20)16(21)22-4/h5,14H,1,6-10,18H2,2-4H3. The molecule has 1 aliphatic rings. The van der Waals surface area contributed by atoms with Gasteiger partial charge in [0, 0.05) is 12.8 Å². The highest BCUT2D eigenvalue weighted by Crippen LogP contribution is 2.41. The fraction of sp³-hybridized carbons (Fsp3) is 0.588. The molecule has 1 saturated carbocycles. The Morgan fingerprint density at radius 1 is 1.43 bits per heavy atom. The Hall–Kier alpha value is -1.95. The number of ether oxygens (including phenoxy) is 2. The molecule has 6 heteroatoms. The third-order valence-corrected chi connectivity index (χ3v) is 3.88. The van der Waals surface area contributed by atoms with Gasteiger partial charge >= 0.3 is 5.97 Å². The highest BCUT2D eigenvalue weighted by atomic mass is 16.5. The van der Waals surface area contributed by atoms with E-state index in [4.69, 9.17) is 15.2 Å². The number of Topliss-reactive ketones (excluding diaryl/α,β-unsaturated/α-hetero) is 2. The van der Waals surface area contributed by atoms with Crippen LogP contribution in [0.3, 0.4) is 0 Å². The van der Waals surface area contributed by atoms with Crippen molar-refractivity contribution < 1.29 is 23.9 Å². The summed E-state index contributed by atoms with van der Waals surface area (Å²) in [7, 11) is 1.23. The van der Waals surface area contributed by atoms with Gasteiger partial charge in [0.15, 0.2) is 11.6 Å². The zero-order chi connectivity index (χ0) is 17.6. The monoisotopic (exact) mass is 323 g/mol. The molecule has 0 heterocycles. The van der Waals surface area contributed by atoms with Gasteiger partial charge in [0.05, 0.1) is 12.7 Å². The molecule has 128 valence electrons. The minimum atomic E-state index is -1.01. The van der Waals surface area contributed by atoms with Gasteiger partial charge in [0.25, 0.3) is 0 Å². The van der Waals surface area contributed by atoms with Crippen LogP contribution in [0.5, 0.6) is 0 Å². The molecular weight excluding hydrogens is 298 g/mol. The maximum Gasteiger partial charge on any atom is 0.317 e. The number of esters is 1. The Bertz CT molecular complexity index is 533. The first-order valence-electron chi connectivity index (χ1n) is 7.62. The molecule has 1 rings (SSSR count). The van der Waals surface area contributed by atoms with Crippen LogP contribution >= 0.6 is 0 Å². The molecule has 0 aromatic carbocycles. The second kappa shape index (κ2) is 8.06. The predicted molar refractivity (Wildman–Crippen MR) is 85.4 cm³/mol. The third-order valence-electron chi connectivity index (χ3n) is 3.88. The number of carbonyl (C=O) groups is 3. The van der Waals surface area contributed by atoms with E-state index in [1.807, 2.05) is 0 Å². The van der Waals surface area contributed by atoms with Crippen molar-refractivity contribution in [2.45, 2.75) is 33.1 Å². The van der Waals surface area contributed by atoms with Crippen LogP contribution in [-0.4, -0.2) is 37.8 Å². The molecule has 6 nitrogen and oxygen atoms in total. The Morgan fingerprint density at radius 2 is 2.09 bits per heavy atom. The summed E-state index contributed by atoms with van der Waals surface area (Å²) in [6.45, 7) is 7.57. The van der Waals surface area contributed by atoms with Crippen molar-refractivity contribution in [1.29, 1.82) is 0 Å². The van der Waals surface area contributed by atoms with Crippen LogP contribution in [0, 0.1) is 11.3 Å². The van der Waals surface area contributed by atoms with Crippen LogP contribution in [0.15, 0.2) is 24.0 Å². The zero-order valence-corrected chi connectivity index (χ0v) is 14.0. The van der Waals surface area contributed by atoms with Crippen LogP contribution in [0.2, 0.25) is 0 Å². The molecule has 0 aromatic heterocycles. The van der Waals surface area contributed by atoms with E-state index in [9.17, 15) is 14.4 Å². The molecule has 0 aliphatic heterocycles. The summed E-state index contributed by atoms with van der Waals surface area (Å²) in [5, 5.41) is 0. The molecule has 0 aromatic rings. The Kier molecular flexibility index (Phi) is 6.69. The van der Waals surface area contributed by atoms with E-state index >= 15 is 0 Å². The Morgan fingerprint density at radius 3 is 2.61 bits per heavy atom. The highest BCUT2D eigenvalue weighted by molar-refractivity contribution is 6.27. The molecule has 1 fully saturated rings. The van der Waals surface area contributed by atoms with Gasteiger partial charge in [0.2, 0.25) is 0 Å². The Balaban J connectivity index is 3.31. The van der Waals surface area contributed by atoms with E-state index in [0.717, 1.165) is 0 Å². The van der Waals surface area contributed by atoms with Crippen LogP contribution in [0.4, 0.5) is 0 Å². The van der Waals surface area contributed by atoms with E-state index in [0.29, 0.717) is 19.4 Å². The average molecular weight is 323 g/mol. The number of ketones is 2. The molecule has 0 saturated heterocycles. The van der Waals surface area contributed by atoms with Crippen LogP contribution in [0.1, 0.15) is 33.1 Å². The number of hydrogen-bond acceptors (Lipinski definition) is 6. The van der Waals surface area contributed by atoms with Gasteiger partial charge in [-0.3, -0.25) is 14.4 Å². The second-order valence-electron chi connectivity index (χ2n) is 6.20. The van der Waals surface area contributed by atoms with Crippen molar-refractivity contribution in [3.8, 4) is 0 Å². The van der Waals surface area contributed by atoms with Crippen LogP contribution in [0.25, 0.3) is 0 Å². The zero-order valence-electron chi connectivity index (χ0n) is 14.0. The predicted octanol–water partition coefficient (Wildman–Crippen LogP) is 1.54. The number of carbonyl (C=O) groups excluding carboxylic acids is 3. The lowest BCUT2D eigenvalue weighted by Crippen LogP contribution is -2.46. The van der Waals surface area contributed by atoms with Gasteiger partial charge in [0.1, 0.15) is 18.3 Å². The number of allylic oxidation sites excluding steroid dienone is 2. The van der Waals surface area contributed by atoms with Crippen molar-refractivity contribution in [3.63, 3.8) is 0 Å². The van der Waals surface area contributed by atoms with E-state index in [2.05, 4.69) is 6.58 Å². The van der Waals surface area contributed by atoms with Crippen molar-refractivity contribution in [2.24, 2.45) is 17.1 Å². The fourth-order valence-corrected chi connectivity index (χ4v) is 2.77. The molecule has 23 heavy (non-hydrogen) atoms. The SMILES string of the molecule is C=CCOC(CCCN)=C1C(=O)CC(C)(C)C(C(=O)OC)C1=O. The van der Waals surface area contributed by atoms with Gasteiger partial charge in [-0.2, -0.15) is 0 Å². The molecule has 2 N–H and O–H groups in total. The van der Waals surface area contributed by atoms with Crippen molar-refractivity contribution in [1.82, 2.24) is 0 Å². The van der Waals surface area contributed by atoms with E-state index in [-0.39, 0.29) is 30.1 Å². The molecule has 0 amide bonds. The minimum absolute atomic E-state index is 0.0324. The first-order valence-corrected chi connectivity index (χ1v) is 7.62. The second-order valence-corrected chi connectivity index (χ2v) is 6.20. The third kappa shape index (κ3) is 4.28. The number of methoxy groups -OCH3 is 1. The minimum Gasteiger partial charge on any atom is -0.493 e. The van der Waals surface area contributed by atoms with Crippen molar-refractivity contribution >= 4 is 17.5 Å². The molecule has 1 atom stereocenters. The van der Waals surface area contributed by atoms with Crippen LogP contribution in [-0.2, 0) is 23.9 Å². The maximum atomic E-state index is 12.8. The van der Waals surface area contributed by atoms with Crippen LogP contribution < -0.4 is 5.73 Å². The van der Waals surface area contributed by atoms with Gasteiger partial charge in [-0.05, 0) is 18.4 Å². The summed E-state index contributed by atoms with van der Waals surface area (Å²) in [6, 6.07) is 0. The summed E-state index contributed by atoms with van der Waals surface area (Å²) in [5.41, 5.74) is 4.68. The average Bonchev–Trinajstić information content (AvgIpc) is 2.47. The molecule has 0 radical (unpaired) electrons. The quantitative estimate of drug-likeness (QED) is 0.191. The molecule has 1 unspecified atom stereocenters. The summed E-state index contributed by atoms with van der Waals surface area (Å²) < 4.78 is 10.3. The molecule has 0 bridgehead atoms. The Labute approximate surface area is 136 Å². The highest BCUT2D eigenvalue weighted by Gasteiger charge is 2.50. The first kappa shape index (κ1) is 19.1. The van der Waals surface area contributed by atoms with Crippen molar-refractivity contribution in [2.75, 3.05) is 20.3 Å². The molecular formula is C17H25NO5. The van der Waals surface area contributed by atoms with E-state index < -0.39 is 23.1 Å². The van der Waals surface area contributed by atoms with Gasteiger partial charge in [-0.15, -0.1) is 0 Å². The molecule has 1 aliphatic carbocycles. The number of nitrogens with two attached hydrogens (primary N) is 1. The number of rotatable bonds is 7. The van der Waals surface area contributed by atoms with E-state index in [1.54, 1.807) is 13.8 Å². The number of hydrogen-bond donors (Lipinski definition) is 1. The topological polar surface area (TPSA) is 95.7 Å². The van der Waals surface area contributed by atoms with Gasteiger partial charge in [-0.25, -0.2) is 0 Å². The summed E-state index contributed by atoms with van der Waals surface area (Å²) in [6.07, 6.45) is 2.55. The summed E-state index contributed by atoms with van der Waals surface area (Å²) in [5.74, 6) is -2.20. The smallest absolute Gasteiger partial charge is 0.317 e. The normalized spacial score (nSPS) is 22.5. The van der Waals surface area contributed by atoms with E-state index in [1.165, 1.54) is 13.2 Å². The lowest BCUT2D eigenvalue weighted by molar-refractivity contribution is -0.155. The van der Waals surface area contributed by atoms with Gasteiger partial charge in [-0.1, -0.05) is 26.5 Å².